The van der Waals surface area contributed by atoms with E-state index in [0.717, 1.165) is 16.8 Å². The Hall–Kier alpha value is -2.38. The lowest BCUT2D eigenvalue weighted by Crippen LogP contribution is -2.35. The molecule has 150 valence electrons. The zero-order valence-electron chi connectivity index (χ0n) is 16.4. The Bertz CT molecular complexity index is 796. The molecular weight excluding hydrogens is 377 g/mol. The van der Waals surface area contributed by atoms with Crippen LogP contribution in [0.2, 0.25) is 0 Å². The predicted octanol–water partition coefficient (Wildman–Crippen LogP) is 3.22. The fraction of sp³-hybridized carbons (Fsp3) is 0.333. The smallest absolute Gasteiger partial charge is 0.234 e. The van der Waals surface area contributed by atoms with E-state index < -0.39 is 0 Å². The van der Waals surface area contributed by atoms with E-state index in [1.54, 1.807) is 6.07 Å². The Morgan fingerprint density at radius 1 is 1.07 bits per heavy atom. The SMILES string of the molecule is Cc1ccc(NC(=O)CSCC(=O)NCC(c2cccc(F)c2)N(C)C)cc1. The van der Waals surface area contributed by atoms with Crippen molar-refractivity contribution in [2.45, 2.75) is 13.0 Å². The molecule has 0 radical (unpaired) electrons. The van der Waals surface area contributed by atoms with Crippen LogP contribution in [0.4, 0.5) is 10.1 Å². The summed E-state index contributed by atoms with van der Waals surface area (Å²) >= 11 is 1.25. The van der Waals surface area contributed by atoms with Gasteiger partial charge >= 0.3 is 0 Å². The number of likely N-dealkylation sites (N-methyl/N-ethyl adjacent to an activating group) is 1. The molecule has 7 heteroatoms. The first-order valence-electron chi connectivity index (χ1n) is 8.98. The number of nitrogens with one attached hydrogen (secondary N) is 2. The third kappa shape index (κ3) is 7.32. The zero-order chi connectivity index (χ0) is 20.5. The van der Waals surface area contributed by atoms with Crippen LogP contribution in [0.15, 0.2) is 48.5 Å². The summed E-state index contributed by atoms with van der Waals surface area (Å²) in [4.78, 5) is 26.0. The minimum atomic E-state index is -0.300. The molecule has 1 atom stereocenters. The minimum absolute atomic E-state index is 0.130. The molecule has 2 rings (SSSR count). The van der Waals surface area contributed by atoms with Gasteiger partial charge in [0.25, 0.3) is 0 Å². The van der Waals surface area contributed by atoms with Gasteiger partial charge in [0.05, 0.1) is 17.5 Å². The van der Waals surface area contributed by atoms with Crippen LogP contribution in [-0.4, -0.2) is 48.9 Å². The first-order chi connectivity index (χ1) is 13.3. The second kappa shape index (κ2) is 10.8. The van der Waals surface area contributed by atoms with Gasteiger partial charge in [-0.1, -0.05) is 29.8 Å². The van der Waals surface area contributed by atoms with Crippen LogP contribution in [0, 0.1) is 12.7 Å². The maximum atomic E-state index is 13.5. The molecule has 0 aromatic heterocycles. The van der Waals surface area contributed by atoms with Crippen LogP contribution >= 0.6 is 11.8 Å². The van der Waals surface area contributed by atoms with Gasteiger partial charge in [-0.05, 0) is 50.8 Å². The highest BCUT2D eigenvalue weighted by atomic mass is 32.2. The van der Waals surface area contributed by atoms with Gasteiger partial charge in [-0.25, -0.2) is 4.39 Å². The van der Waals surface area contributed by atoms with E-state index in [4.69, 9.17) is 0 Å². The van der Waals surface area contributed by atoms with Gasteiger partial charge in [-0.3, -0.25) is 9.59 Å². The van der Waals surface area contributed by atoms with E-state index in [-0.39, 0.29) is 35.2 Å². The van der Waals surface area contributed by atoms with Crippen molar-refractivity contribution in [3.63, 3.8) is 0 Å². The lowest BCUT2D eigenvalue weighted by atomic mass is 10.1. The number of thioether (sulfide) groups is 1. The number of aryl methyl sites for hydroxylation is 1. The molecule has 1 unspecified atom stereocenters. The molecule has 0 aliphatic heterocycles. The topological polar surface area (TPSA) is 61.4 Å². The van der Waals surface area contributed by atoms with Crippen molar-refractivity contribution in [1.82, 2.24) is 10.2 Å². The highest BCUT2D eigenvalue weighted by molar-refractivity contribution is 8.00. The van der Waals surface area contributed by atoms with Crippen molar-refractivity contribution in [3.8, 4) is 0 Å². The summed E-state index contributed by atoms with van der Waals surface area (Å²) < 4.78 is 13.5. The van der Waals surface area contributed by atoms with E-state index >= 15 is 0 Å². The van der Waals surface area contributed by atoms with Crippen LogP contribution in [0.1, 0.15) is 17.2 Å². The van der Waals surface area contributed by atoms with Gasteiger partial charge in [-0.2, -0.15) is 0 Å². The van der Waals surface area contributed by atoms with E-state index in [0.29, 0.717) is 6.54 Å². The van der Waals surface area contributed by atoms with Gasteiger partial charge in [0.1, 0.15) is 5.82 Å². The molecule has 0 fully saturated rings. The number of halogens is 1. The summed E-state index contributed by atoms with van der Waals surface area (Å²) in [5.74, 6) is -0.220. The number of benzene rings is 2. The van der Waals surface area contributed by atoms with E-state index in [9.17, 15) is 14.0 Å². The molecule has 0 bridgehead atoms. The number of nitrogens with zero attached hydrogens (tertiary/aromatic N) is 1. The number of anilines is 1. The molecule has 2 N–H and O–H groups in total. The Morgan fingerprint density at radius 3 is 2.39 bits per heavy atom. The normalized spacial score (nSPS) is 11.9. The molecule has 0 saturated heterocycles. The molecule has 5 nitrogen and oxygen atoms in total. The molecule has 0 spiro atoms. The molecular formula is C21H26FN3O2S. The maximum Gasteiger partial charge on any atom is 0.234 e. The average Bonchev–Trinajstić information content (AvgIpc) is 2.63. The van der Waals surface area contributed by atoms with Gasteiger partial charge in [0.15, 0.2) is 0 Å². The third-order valence-corrected chi connectivity index (χ3v) is 5.08. The number of hydrogen-bond donors (Lipinski definition) is 2. The number of hydrogen-bond acceptors (Lipinski definition) is 4. The number of carbonyl (C=O) groups excluding carboxylic acids is 2. The fourth-order valence-corrected chi connectivity index (χ4v) is 3.29. The number of amides is 2. The Morgan fingerprint density at radius 2 is 1.75 bits per heavy atom. The zero-order valence-corrected chi connectivity index (χ0v) is 17.2. The van der Waals surface area contributed by atoms with Crippen molar-refractivity contribution in [2.24, 2.45) is 0 Å². The average molecular weight is 404 g/mol. The van der Waals surface area contributed by atoms with E-state index in [1.807, 2.05) is 56.3 Å². The fourth-order valence-electron chi connectivity index (χ4n) is 2.64. The van der Waals surface area contributed by atoms with E-state index in [1.165, 1.54) is 23.9 Å². The maximum absolute atomic E-state index is 13.5. The standard InChI is InChI=1S/C21H26FN3O2S/c1-15-7-9-18(10-8-15)24-21(27)14-28-13-20(26)23-12-19(25(2)3)16-5-4-6-17(22)11-16/h4-11,19H,12-14H2,1-3H3,(H,23,26)(H,24,27). The molecule has 2 aromatic carbocycles. The Kier molecular flexibility index (Phi) is 8.47. The van der Waals surface area contributed by atoms with Crippen LogP contribution in [-0.2, 0) is 9.59 Å². The largest absolute Gasteiger partial charge is 0.353 e. The minimum Gasteiger partial charge on any atom is -0.353 e. The highest BCUT2D eigenvalue weighted by Crippen LogP contribution is 2.18. The monoisotopic (exact) mass is 403 g/mol. The van der Waals surface area contributed by atoms with Gasteiger partial charge in [-0.15, -0.1) is 11.8 Å². The van der Waals surface area contributed by atoms with E-state index in [2.05, 4.69) is 10.6 Å². The first kappa shape index (κ1) is 21.9. The summed E-state index contributed by atoms with van der Waals surface area (Å²) in [6, 6.07) is 13.8. The van der Waals surface area contributed by atoms with Crippen molar-refractivity contribution >= 4 is 29.3 Å². The molecule has 2 aromatic rings. The van der Waals surface area contributed by atoms with Crippen molar-refractivity contribution in [3.05, 3.63) is 65.5 Å². The Labute approximate surface area is 169 Å². The van der Waals surface area contributed by atoms with Crippen LogP contribution in [0.25, 0.3) is 0 Å². The summed E-state index contributed by atoms with van der Waals surface area (Å²) in [5.41, 5.74) is 2.67. The van der Waals surface area contributed by atoms with Crippen LogP contribution in [0.5, 0.6) is 0 Å². The number of carbonyl (C=O) groups is 2. The molecule has 0 aliphatic rings. The Balaban J connectivity index is 1.73. The van der Waals surface area contributed by atoms with Crippen LogP contribution < -0.4 is 10.6 Å². The van der Waals surface area contributed by atoms with Gasteiger partial charge in [0.2, 0.25) is 11.8 Å². The third-order valence-electron chi connectivity index (χ3n) is 4.15. The second-order valence-corrected chi connectivity index (χ2v) is 7.73. The predicted molar refractivity (Wildman–Crippen MR) is 113 cm³/mol. The molecule has 2 amide bonds. The first-order valence-corrected chi connectivity index (χ1v) is 10.1. The highest BCUT2D eigenvalue weighted by Gasteiger charge is 2.16. The lowest BCUT2D eigenvalue weighted by molar-refractivity contribution is -0.118. The van der Waals surface area contributed by atoms with Crippen molar-refractivity contribution < 1.29 is 14.0 Å². The molecule has 28 heavy (non-hydrogen) atoms. The van der Waals surface area contributed by atoms with Gasteiger partial charge in [0, 0.05) is 12.2 Å². The van der Waals surface area contributed by atoms with Crippen molar-refractivity contribution in [1.29, 1.82) is 0 Å². The quantitative estimate of drug-likeness (QED) is 0.675. The molecule has 0 heterocycles. The summed E-state index contributed by atoms with van der Waals surface area (Å²) in [6.07, 6.45) is 0. The van der Waals surface area contributed by atoms with Gasteiger partial charge < -0.3 is 15.5 Å². The molecule has 0 saturated carbocycles. The summed E-state index contributed by atoms with van der Waals surface area (Å²) in [7, 11) is 3.76. The van der Waals surface area contributed by atoms with Crippen LogP contribution in [0.3, 0.4) is 0 Å². The second-order valence-electron chi connectivity index (χ2n) is 6.75. The summed E-state index contributed by atoms with van der Waals surface area (Å²) in [5, 5.41) is 5.66. The lowest BCUT2D eigenvalue weighted by Gasteiger charge is -2.25. The molecule has 0 aliphatic carbocycles. The summed E-state index contributed by atoms with van der Waals surface area (Å²) in [6.45, 7) is 2.35. The number of rotatable bonds is 9. The van der Waals surface area contributed by atoms with Crippen molar-refractivity contribution in [2.75, 3.05) is 37.5 Å².